The van der Waals surface area contributed by atoms with Crippen LogP contribution in [0.25, 0.3) is 0 Å². The molecule has 3 heteroatoms. The summed E-state index contributed by atoms with van der Waals surface area (Å²) in [4.78, 5) is 15.9. The molecule has 0 spiro atoms. The van der Waals surface area contributed by atoms with Crippen LogP contribution in [0.15, 0.2) is 78.9 Å². The number of rotatable bonds is 3. The molecular weight excluding hydrogens is 358 g/mol. The van der Waals surface area contributed by atoms with Crippen molar-refractivity contribution >= 4 is 5.91 Å². The van der Waals surface area contributed by atoms with E-state index in [1.54, 1.807) is 0 Å². The summed E-state index contributed by atoms with van der Waals surface area (Å²) in [5.74, 6) is -0.0141. The first-order valence-electron chi connectivity index (χ1n) is 10.3. The fourth-order valence-corrected chi connectivity index (χ4v) is 4.77. The molecule has 0 unspecified atom stereocenters. The molecule has 1 amide bonds. The zero-order valence-corrected chi connectivity index (χ0v) is 16.6. The summed E-state index contributed by atoms with van der Waals surface area (Å²) in [5, 5.41) is 0. The van der Waals surface area contributed by atoms with E-state index in [0.717, 1.165) is 17.5 Å². The smallest absolute Gasteiger partial charge is 0.233 e. The zero-order valence-electron chi connectivity index (χ0n) is 16.6. The van der Waals surface area contributed by atoms with E-state index in [1.807, 2.05) is 29.2 Å². The Morgan fingerprint density at radius 1 is 0.931 bits per heavy atom. The van der Waals surface area contributed by atoms with Gasteiger partial charge in [0.2, 0.25) is 5.91 Å². The van der Waals surface area contributed by atoms with Crippen molar-refractivity contribution in [1.29, 1.82) is 0 Å². The fourth-order valence-electron chi connectivity index (χ4n) is 4.77. The van der Waals surface area contributed by atoms with Gasteiger partial charge in [-0.3, -0.25) is 4.79 Å². The molecule has 29 heavy (non-hydrogen) atoms. The van der Waals surface area contributed by atoms with E-state index < -0.39 is 0 Å². The molecule has 146 valence electrons. The topological polar surface area (TPSA) is 29.5 Å². The second-order valence-electron chi connectivity index (χ2n) is 8.05. The lowest BCUT2D eigenvalue weighted by Crippen LogP contribution is -2.40. The molecule has 1 saturated heterocycles. The number of carbonyl (C=O) groups excluding carboxylic acids is 1. The predicted octanol–water partition coefficient (Wildman–Crippen LogP) is 4.80. The summed E-state index contributed by atoms with van der Waals surface area (Å²) >= 11 is 0. The molecule has 0 bridgehead atoms. The number of nitrogens with zero attached hydrogens (tertiary/aromatic N) is 1. The van der Waals surface area contributed by atoms with Gasteiger partial charge in [-0.25, -0.2) is 0 Å². The maximum absolute atomic E-state index is 13.9. The molecule has 5 rings (SSSR count). The highest BCUT2D eigenvalue weighted by Crippen LogP contribution is 2.40. The summed E-state index contributed by atoms with van der Waals surface area (Å²) < 4.78 is 6.16. The van der Waals surface area contributed by atoms with Crippen molar-refractivity contribution in [2.45, 2.75) is 38.0 Å². The molecule has 0 radical (unpaired) electrons. The lowest BCUT2D eigenvalue weighted by molar-refractivity contribution is -0.138. The second kappa shape index (κ2) is 7.49. The summed E-state index contributed by atoms with van der Waals surface area (Å²) in [6, 6.07) is 27.0. The Kier molecular flexibility index (Phi) is 4.69. The van der Waals surface area contributed by atoms with Crippen molar-refractivity contribution in [3.8, 4) is 0 Å². The van der Waals surface area contributed by atoms with Crippen LogP contribution in [0.5, 0.6) is 0 Å². The Hall–Kier alpha value is -2.91. The van der Waals surface area contributed by atoms with Gasteiger partial charge < -0.3 is 9.64 Å². The minimum Gasteiger partial charge on any atom is -0.355 e. The van der Waals surface area contributed by atoms with Crippen LogP contribution < -0.4 is 0 Å². The zero-order chi connectivity index (χ0) is 19.8. The number of fused-ring (bicyclic) bond motifs is 2. The molecule has 0 N–H and O–H groups in total. The minimum absolute atomic E-state index is 0.0256. The van der Waals surface area contributed by atoms with E-state index in [2.05, 4.69) is 61.5 Å². The quantitative estimate of drug-likeness (QED) is 0.650. The molecule has 3 aromatic carbocycles. The molecule has 0 aromatic heterocycles. The van der Waals surface area contributed by atoms with Crippen molar-refractivity contribution in [1.82, 2.24) is 4.90 Å². The van der Waals surface area contributed by atoms with Gasteiger partial charge in [0.25, 0.3) is 0 Å². The van der Waals surface area contributed by atoms with Crippen LogP contribution in [0.1, 0.15) is 39.8 Å². The highest BCUT2D eigenvalue weighted by Gasteiger charge is 2.44. The van der Waals surface area contributed by atoms with Gasteiger partial charge in [0.05, 0.1) is 18.6 Å². The van der Waals surface area contributed by atoms with Crippen LogP contribution in [-0.2, 0) is 22.4 Å². The van der Waals surface area contributed by atoms with E-state index in [9.17, 15) is 4.79 Å². The fraction of sp³-hybridized carbons (Fsp3) is 0.269. The van der Waals surface area contributed by atoms with Gasteiger partial charge in [-0.1, -0.05) is 78.9 Å². The average Bonchev–Trinajstić information content (AvgIpc) is 3.13. The number of carbonyl (C=O) groups is 1. The monoisotopic (exact) mass is 383 g/mol. The highest BCUT2D eigenvalue weighted by atomic mass is 16.5. The van der Waals surface area contributed by atoms with E-state index in [1.165, 1.54) is 16.7 Å². The van der Waals surface area contributed by atoms with Crippen molar-refractivity contribution in [2.24, 2.45) is 0 Å². The molecule has 0 saturated carbocycles. The van der Waals surface area contributed by atoms with Crippen LogP contribution in [0.3, 0.4) is 0 Å². The third-order valence-corrected chi connectivity index (χ3v) is 6.34. The average molecular weight is 383 g/mol. The normalized spacial score (nSPS) is 23.4. The molecule has 2 aliphatic rings. The van der Waals surface area contributed by atoms with E-state index in [-0.39, 0.29) is 24.1 Å². The first-order valence-corrected chi connectivity index (χ1v) is 10.3. The van der Waals surface area contributed by atoms with Crippen molar-refractivity contribution < 1.29 is 9.53 Å². The number of amides is 1. The van der Waals surface area contributed by atoms with Crippen LogP contribution in [0.4, 0.5) is 0 Å². The molecule has 2 heterocycles. The molecule has 3 nitrogen and oxygen atoms in total. The van der Waals surface area contributed by atoms with Gasteiger partial charge in [0, 0.05) is 6.42 Å². The Balaban J connectivity index is 1.57. The van der Waals surface area contributed by atoms with Gasteiger partial charge in [0.15, 0.2) is 0 Å². The number of ether oxygens (including phenoxy) is 1. The number of benzene rings is 3. The largest absolute Gasteiger partial charge is 0.355 e. The standard InChI is InChI=1S/C26H25NO2/c1-18-9-5-6-12-20(18)15-23-22-14-8-7-13-21(22)16-25-27(26(23)28)24(17-29-25)19-10-3-2-4-11-19/h2-14,23-25H,15-17H2,1H3/t23-,24+,25+/m1/s1. The lowest BCUT2D eigenvalue weighted by Gasteiger charge is -2.29. The Morgan fingerprint density at radius 2 is 1.66 bits per heavy atom. The molecule has 1 fully saturated rings. The van der Waals surface area contributed by atoms with E-state index in [4.69, 9.17) is 4.74 Å². The molecule has 2 aliphatic heterocycles. The molecular formula is C26H25NO2. The maximum atomic E-state index is 13.9. The summed E-state index contributed by atoms with van der Waals surface area (Å²) in [6.45, 7) is 2.68. The molecule has 3 atom stereocenters. The Labute approximate surface area is 171 Å². The SMILES string of the molecule is Cc1ccccc1C[C@H]1C(=O)N2[C@H](Cc3ccccc31)OC[C@H]2c1ccccc1. The van der Waals surface area contributed by atoms with Crippen LogP contribution in [-0.4, -0.2) is 23.6 Å². The number of aryl methyl sites for hydroxylation is 1. The van der Waals surface area contributed by atoms with Crippen LogP contribution >= 0.6 is 0 Å². The van der Waals surface area contributed by atoms with Gasteiger partial charge in [-0.15, -0.1) is 0 Å². The van der Waals surface area contributed by atoms with Gasteiger partial charge in [-0.2, -0.15) is 0 Å². The third kappa shape index (κ3) is 3.26. The van der Waals surface area contributed by atoms with Crippen molar-refractivity contribution in [2.75, 3.05) is 6.61 Å². The predicted molar refractivity (Wildman–Crippen MR) is 114 cm³/mol. The van der Waals surface area contributed by atoms with Gasteiger partial charge in [-0.05, 0) is 41.2 Å². The van der Waals surface area contributed by atoms with Crippen molar-refractivity contribution in [3.63, 3.8) is 0 Å². The third-order valence-electron chi connectivity index (χ3n) is 6.34. The van der Waals surface area contributed by atoms with Gasteiger partial charge in [0.1, 0.15) is 6.23 Å². The molecule has 0 aliphatic carbocycles. The van der Waals surface area contributed by atoms with Crippen molar-refractivity contribution in [3.05, 3.63) is 107 Å². The first kappa shape index (κ1) is 18.1. The van der Waals surface area contributed by atoms with E-state index in [0.29, 0.717) is 13.0 Å². The molecule has 3 aromatic rings. The lowest BCUT2D eigenvalue weighted by atomic mass is 9.86. The Bertz CT molecular complexity index is 1030. The minimum atomic E-state index is -0.198. The maximum Gasteiger partial charge on any atom is 0.233 e. The number of hydrogen-bond donors (Lipinski definition) is 0. The number of hydrogen-bond acceptors (Lipinski definition) is 2. The van der Waals surface area contributed by atoms with Gasteiger partial charge >= 0.3 is 0 Å². The summed E-state index contributed by atoms with van der Waals surface area (Å²) in [5.41, 5.74) is 5.97. The summed E-state index contributed by atoms with van der Waals surface area (Å²) in [7, 11) is 0. The highest BCUT2D eigenvalue weighted by molar-refractivity contribution is 5.86. The summed E-state index contributed by atoms with van der Waals surface area (Å²) in [6.07, 6.45) is 1.26. The van der Waals surface area contributed by atoms with E-state index >= 15 is 0 Å². The second-order valence-corrected chi connectivity index (χ2v) is 8.05. The Morgan fingerprint density at radius 3 is 2.48 bits per heavy atom. The van der Waals surface area contributed by atoms with Crippen LogP contribution in [0.2, 0.25) is 0 Å². The first-order chi connectivity index (χ1) is 14.2. The van der Waals surface area contributed by atoms with Crippen LogP contribution in [0, 0.1) is 6.92 Å².